The van der Waals surface area contributed by atoms with Crippen LogP contribution in [0, 0.1) is 23.9 Å². The highest BCUT2D eigenvalue weighted by atomic mass is 16.5. The molecular formula is C13H22O. The second-order valence-electron chi connectivity index (χ2n) is 4.37. The van der Waals surface area contributed by atoms with E-state index in [0.29, 0.717) is 5.92 Å². The molecule has 1 aliphatic rings. The number of rotatable bonds is 3. The summed E-state index contributed by atoms with van der Waals surface area (Å²) in [5, 5.41) is 0. The molecule has 0 spiro atoms. The van der Waals surface area contributed by atoms with Crippen molar-refractivity contribution in [3.05, 3.63) is 0 Å². The molecule has 1 saturated carbocycles. The van der Waals surface area contributed by atoms with Gasteiger partial charge in [0.2, 0.25) is 0 Å². The molecule has 0 radical (unpaired) electrons. The zero-order valence-corrected chi connectivity index (χ0v) is 9.51. The van der Waals surface area contributed by atoms with Gasteiger partial charge in [-0.1, -0.05) is 39.0 Å². The van der Waals surface area contributed by atoms with Crippen molar-refractivity contribution in [2.75, 3.05) is 6.61 Å². The van der Waals surface area contributed by atoms with Crippen LogP contribution in [0.4, 0.5) is 0 Å². The molecule has 0 aromatic rings. The molecule has 0 bridgehead atoms. The Kier molecular flexibility index (Phi) is 5.52. The lowest BCUT2D eigenvalue weighted by molar-refractivity contribution is 0.182. The van der Waals surface area contributed by atoms with Crippen molar-refractivity contribution in [1.82, 2.24) is 0 Å². The van der Waals surface area contributed by atoms with Gasteiger partial charge in [-0.3, -0.25) is 0 Å². The van der Waals surface area contributed by atoms with Gasteiger partial charge in [0.1, 0.15) is 12.7 Å². The van der Waals surface area contributed by atoms with Gasteiger partial charge in [0.05, 0.1) is 0 Å². The molecule has 1 aliphatic carbocycles. The Balaban J connectivity index is 2.09. The zero-order valence-electron chi connectivity index (χ0n) is 9.51. The summed E-state index contributed by atoms with van der Waals surface area (Å²) in [5.74, 6) is 4.35. The van der Waals surface area contributed by atoms with Crippen molar-refractivity contribution in [3.8, 4) is 12.0 Å². The van der Waals surface area contributed by atoms with E-state index in [-0.39, 0.29) is 0 Å². The quantitative estimate of drug-likeness (QED) is 0.624. The Morgan fingerprint density at radius 1 is 1.29 bits per heavy atom. The number of ether oxygens (including phenoxy) is 1. The SMILES string of the molecule is CCC(C)C#COCC1CCCCC1. The third-order valence-corrected chi connectivity index (χ3v) is 3.03. The fraction of sp³-hybridized carbons (Fsp3) is 0.846. The fourth-order valence-corrected chi connectivity index (χ4v) is 1.76. The van der Waals surface area contributed by atoms with Gasteiger partial charge in [-0.15, -0.1) is 0 Å². The molecule has 1 nitrogen and oxygen atoms in total. The lowest BCUT2D eigenvalue weighted by atomic mass is 9.90. The van der Waals surface area contributed by atoms with Crippen LogP contribution in [-0.4, -0.2) is 6.61 Å². The molecule has 0 heterocycles. The van der Waals surface area contributed by atoms with Gasteiger partial charge in [0.15, 0.2) is 0 Å². The molecule has 1 fully saturated rings. The Hall–Kier alpha value is -0.640. The van der Waals surface area contributed by atoms with Crippen molar-refractivity contribution < 1.29 is 4.74 Å². The highest BCUT2D eigenvalue weighted by Gasteiger charge is 2.12. The van der Waals surface area contributed by atoms with Crippen molar-refractivity contribution >= 4 is 0 Å². The topological polar surface area (TPSA) is 9.23 Å². The maximum absolute atomic E-state index is 5.38. The minimum absolute atomic E-state index is 0.473. The Morgan fingerprint density at radius 3 is 2.64 bits per heavy atom. The summed E-state index contributed by atoms with van der Waals surface area (Å²) in [6.07, 6.45) is 10.8. The molecular weight excluding hydrogens is 172 g/mol. The molecule has 0 aliphatic heterocycles. The largest absolute Gasteiger partial charge is 0.446 e. The van der Waals surface area contributed by atoms with Crippen LogP contribution >= 0.6 is 0 Å². The second-order valence-corrected chi connectivity index (χ2v) is 4.37. The molecule has 80 valence electrons. The average molecular weight is 194 g/mol. The van der Waals surface area contributed by atoms with Gasteiger partial charge in [-0.05, 0) is 25.2 Å². The predicted octanol–water partition coefficient (Wildman–Crippen LogP) is 3.59. The van der Waals surface area contributed by atoms with Gasteiger partial charge >= 0.3 is 0 Å². The van der Waals surface area contributed by atoms with E-state index < -0.39 is 0 Å². The van der Waals surface area contributed by atoms with E-state index in [0.717, 1.165) is 18.9 Å². The van der Waals surface area contributed by atoms with Gasteiger partial charge in [-0.25, -0.2) is 0 Å². The summed E-state index contributed by atoms with van der Waals surface area (Å²) < 4.78 is 5.38. The van der Waals surface area contributed by atoms with Gasteiger partial charge in [-0.2, -0.15) is 0 Å². The van der Waals surface area contributed by atoms with Crippen molar-refractivity contribution in [1.29, 1.82) is 0 Å². The smallest absolute Gasteiger partial charge is 0.110 e. The monoisotopic (exact) mass is 194 g/mol. The van der Waals surface area contributed by atoms with E-state index in [1.54, 1.807) is 0 Å². The van der Waals surface area contributed by atoms with Crippen LogP contribution in [0.15, 0.2) is 0 Å². The van der Waals surface area contributed by atoms with Crippen LogP contribution in [0.2, 0.25) is 0 Å². The van der Waals surface area contributed by atoms with Crippen LogP contribution in [0.5, 0.6) is 0 Å². The lowest BCUT2D eigenvalue weighted by Gasteiger charge is -2.19. The Labute approximate surface area is 88.2 Å². The van der Waals surface area contributed by atoms with E-state index in [9.17, 15) is 0 Å². The first-order chi connectivity index (χ1) is 6.83. The van der Waals surface area contributed by atoms with Gasteiger partial charge in [0.25, 0.3) is 0 Å². The van der Waals surface area contributed by atoms with Gasteiger partial charge < -0.3 is 4.74 Å². The molecule has 1 atom stereocenters. The normalized spacial score (nSPS) is 19.6. The molecule has 0 aromatic heterocycles. The second kappa shape index (κ2) is 6.76. The fourth-order valence-electron chi connectivity index (χ4n) is 1.76. The van der Waals surface area contributed by atoms with Gasteiger partial charge in [0, 0.05) is 5.92 Å². The average Bonchev–Trinajstić information content (AvgIpc) is 2.25. The van der Waals surface area contributed by atoms with Crippen LogP contribution < -0.4 is 0 Å². The highest BCUT2D eigenvalue weighted by molar-refractivity contribution is 4.95. The maximum atomic E-state index is 5.38. The first kappa shape index (κ1) is 11.4. The van der Waals surface area contributed by atoms with Crippen LogP contribution in [0.1, 0.15) is 52.4 Å². The summed E-state index contributed by atoms with van der Waals surface area (Å²) >= 11 is 0. The molecule has 1 heteroatoms. The summed E-state index contributed by atoms with van der Waals surface area (Å²) in [5.41, 5.74) is 0. The van der Waals surface area contributed by atoms with E-state index in [4.69, 9.17) is 4.74 Å². The van der Waals surface area contributed by atoms with E-state index in [1.165, 1.54) is 32.1 Å². The summed E-state index contributed by atoms with van der Waals surface area (Å²) in [7, 11) is 0. The number of hydrogen-bond donors (Lipinski definition) is 0. The van der Waals surface area contributed by atoms with Crippen LogP contribution in [0.3, 0.4) is 0 Å². The van der Waals surface area contributed by atoms with Crippen LogP contribution in [-0.2, 0) is 4.74 Å². The minimum atomic E-state index is 0.473. The first-order valence-electron chi connectivity index (χ1n) is 5.95. The third kappa shape index (κ3) is 4.56. The van der Waals surface area contributed by atoms with Crippen molar-refractivity contribution in [3.63, 3.8) is 0 Å². The van der Waals surface area contributed by atoms with E-state index >= 15 is 0 Å². The molecule has 1 unspecified atom stereocenters. The molecule has 14 heavy (non-hydrogen) atoms. The highest BCUT2D eigenvalue weighted by Crippen LogP contribution is 2.23. The Morgan fingerprint density at radius 2 is 2.00 bits per heavy atom. The maximum Gasteiger partial charge on any atom is 0.110 e. The lowest BCUT2D eigenvalue weighted by Crippen LogP contribution is -2.11. The van der Waals surface area contributed by atoms with Crippen LogP contribution in [0.25, 0.3) is 0 Å². The van der Waals surface area contributed by atoms with E-state index in [1.807, 2.05) is 0 Å². The van der Waals surface area contributed by atoms with Crippen molar-refractivity contribution in [2.45, 2.75) is 52.4 Å². The molecule has 1 rings (SSSR count). The van der Waals surface area contributed by atoms with E-state index in [2.05, 4.69) is 25.9 Å². The standard InChI is InChI=1S/C13H22O/c1-3-12(2)9-10-14-11-13-7-5-4-6-8-13/h12-13H,3-8,11H2,1-2H3. The zero-order chi connectivity index (χ0) is 10.2. The summed E-state index contributed by atoms with van der Waals surface area (Å²) in [6.45, 7) is 5.14. The van der Waals surface area contributed by atoms with Crippen molar-refractivity contribution in [2.24, 2.45) is 11.8 Å². The Bertz CT molecular complexity index is 193. The summed E-state index contributed by atoms with van der Waals surface area (Å²) in [6, 6.07) is 0. The molecule has 0 saturated heterocycles. The first-order valence-corrected chi connectivity index (χ1v) is 5.95. The molecule has 0 N–H and O–H groups in total. The predicted molar refractivity (Wildman–Crippen MR) is 59.8 cm³/mol. The number of hydrogen-bond acceptors (Lipinski definition) is 1. The summed E-state index contributed by atoms with van der Waals surface area (Å²) in [4.78, 5) is 0. The molecule has 0 amide bonds. The minimum Gasteiger partial charge on any atom is -0.446 e. The molecule has 0 aromatic carbocycles. The third-order valence-electron chi connectivity index (χ3n) is 3.03.